The van der Waals surface area contributed by atoms with Crippen LogP contribution < -0.4 is 5.01 Å². The molecule has 0 spiro atoms. The molecule has 48 heavy (non-hydrogen) atoms. The minimum Gasteiger partial charge on any atom is -0.507 e. The van der Waals surface area contributed by atoms with E-state index in [0.29, 0.717) is 28.0 Å². The Morgan fingerprint density at radius 1 is 1.00 bits per heavy atom. The maximum atomic E-state index is 14.3. The molecule has 1 aromatic heterocycles. The van der Waals surface area contributed by atoms with E-state index in [-0.39, 0.29) is 29.1 Å². The van der Waals surface area contributed by atoms with Gasteiger partial charge in [0.2, 0.25) is 0 Å². The molecule has 9 nitrogen and oxygen atoms in total. The van der Waals surface area contributed by atoms with Crippen LogP contribution in [0.15, 0.2) is 60.2 Å². The molecule has 250 valence electrons. The number of pyridine rings is 1. The van der Waals surface area contributed by atoms with Crippen LogP contribution in [0.25, 0.3) is 10.8 Å². The second kappa shape index (κ2) is 11.1. The number of rotatable bonds is 4. The first-order chi connectivity index (χ1) is 22.6. The number of hydrazine groups is 1. The Balaban J connectivity index is 1.38. The number of amides is 4. The monoisotopic (exact) mass is 784 g/mol. The lowest BCUT2D eigenvalue weighted by Crippen LogP contribution is -2.60. The van der Waals surface area contributed by atoms with Crippen molar-refractivity contribution in [3.8, 4) is 5.75 Å². The standard InChI is InChI=1S/C32H23BrCl3F3N4O5/c1-41(25-20(34)9-11-22(40-25)32(37,38)39)43-26(45)18-7-6-17-19(23(18)27(43)46)12-30(35)28(47)42(13-33)29(48)31(30,36)24(17)16-8-10-21(44)15-5-3-2-4-14(15)16/h2-6,8-11,18-19,23-24,44H,7,12-13H2,1H3/t18-,19+,23-,24-,30+,31-/m0/s1. The van der Waals surface area contributed by atoms with Crippen LogP contribution in [0.5, 0.6) is 5.75 Å². The van der Waals surface area contributed by atoms with Gasteiger partial charge in [-0.3, -0.25) is 29.1 Å². The predicted molar refractivity (Wildman–Crippen MR) is 173 cm³/mol. The summed E-state index contributed by atoms with van der Waals surface area (Å²) < 4.78 is 40.6. The summed E-state index contributed by atoms with van der Waals surface area (Å²) in [5.74, 6) is -7.55. The number of phenols is 1. The first-order valence-corrected chi connectivity index (χ1v) is 16.9. The van der Waals surface area contributed by atoms with Crippen LogP contribution in [0.1, 0.15) is 30.0 Å². The highest BCUT2D eigenvalue weighted by atomic mass is 79.9. The predicted octanol–water partition coefficient (Wildman–Crippen LogP) is 6.38. The van der Waals surface area contributed by atoms with E-state index in [1.807, 2.05) is 0 Å². The third kappa shape index (κ3) is 4.32. The molecule has 2 aromatic carbocycles. The zero-order chi connectivity index (χ0) is 34.7. The maximum absolute atomic E-state index is 14.3. The Morgan fingerprint density at radius 2 is 1.69 bits per heavy atom. The van der Waals surface area contributed by atoms with Crippen molar-refractivity contribution in [1.82, 2.24) is 14.9 Å². The number of allylic oxidation sites excluding steroid dienone is 2. The van der Waals surface area contributed by atoms with Crippen LogP contribution in [0.4, 0.5) is 19.0 Å². The van der Waals surface area contributed by atoms with Gasteiger partial charge < -0.3 is 5.11 Å². The number of fused-ring (bicyclic) bond motifs is 5. The average Bonchev–Trinajstić information content (AvgIpc) is 3.38. The van der Waals surface area contributed by atoms with Gasteiger partial charge >= 0.3 is 6.18 Å². The number of aromatic hydroxyl groups is 1. The third-order valence-electron chi connectivity index (χ3n) is 9.96. The summed E-state index contributed by atoms with van der Waals surface area (Å²) in [6.07, 6.45) is -3.35. The van der Waals surface area contributed by atoms with E-state index in [1.54, 1.807) is 36.4 Å². The van der Waals surface area contributed by atoms with Gasteiger partial charge in [0.1, 0.15) is 11.4 Å². The van der Waals surface area contributed by atoms with Crippen molar-refractivity contribution in [2.45, 2.75) is 34.7 Å². The van der Waals surface area contributed by atoms with Crippen molar-refractivity contribution in [1.29, 1.82) is 0 Å². The largest absolute Gasteiger partial charge is 0.507 e. The number of anilines is 1. The fourth-order valence-corrected chi connectivity index (χ4v) is 9.49. The molecule has 7 rings (SSSR count). The summed E-state index contributed by atoms with van der Waals surface area (Å²) in [5.41, 5.74) is -0.487. The topological polar surface area (TPSA) is 111 Å². The van der Waals surface area contributed by atoms with Crippen molar-refractivity contribution < 1.29 is 37.5 Å². The molecule has 0 radical (unpaired) electrons. The number of likely N-dealkylation sites (tertiary alicyclic amines) is 1. The molecule has 4 aliphatic rings. The summed E-state index contributed by atoms with van der Waals surface area (Å²) in [5, 5.41) is 13.0. The maximum Gasteiger partial charge on any atom is 0.433 e. The second-order valence-electron chi connectivity index (χ2n) is 12.2. The van der Waals surface area contributed by atoms with E-state index in [2.05, 4.69) is 20.9 Å². The zero-order valence-corrected chi connectivity index (χ0v) is 28.5. The van der Waals surface area contributed by atoms with Gasteiger partial charge in [-0.25, -0.2) is 4.98 Å². The second-order valence-corrected chi connectivity index (χ2v) is 14.4. The Morgan fingerprint density at radius 3 is 2.35 bits per heavy atom. The molecule has 16 heteroatoms. The van der Waals surface area contributed by atoms with Crippen molar-refractivity contribution in [2.75, 3.05) is 17.5 Å². The molecule has 0 bridgehead atoms. The molecule has 3 heterocycles. The van der Waals surface area contributed by atoms with Gasteiger partial charge in [-0.15, -0.1) is 23.2 Å². The number of carbonyl (C=O) groups is 4. The molecule has 3 fully saturated rings. The molecule has 2 saturated heterocycles. The van der Waals surface area contributed by atoms with Crippen molar-refractivity contribution in [3.63, 3.8) is 0 Å². The number of aromatic nitrogens is 1. The van der Waals surface area contributed by atoms with Crippen molar-refractivity contribution in [3.05, 3.63) is 76.5 Å². The minimum absolute atomic E-state index is 0.0221. The molecular formula is C32H23BrCl3F3N4O5. The SMILES string of the molecule is CN(c1nc(C(F)(F)F)ccc1Cl)N1C(=O)[C@H]2[C@H](CC=C3[C@H]2C[C@@]2(Cl)C(=O)N(CBr)C(=O)[C@@]2(Cl)[C@H]3c2ccc(O)c3ccccc23)C1=O. The highest BCUT2D eigenvalue weighted by Gasteiger charge is 2.76. The van der Waals surface area contributed by atoms with E-state index in [9.17, 15) is 37.5 Å². The van der Waals surface area contributed by atoms with E-state index in [1.165, 1.54) is 13.1 Å². The summed E-state index contributed by atoms with van der Waals surface area (Å²) in [6.45, 7) is 0. The molecule has 2 aliphatic carbocycles. The molecule has 6 atom stereocenters. The molecule has 2 aliphatic heterocycles. The first kappa shape index (κ1) is 33.1. The smallest absolute Gasteiger partial charge is 0.433 e. The Labute approximate surface area is 294 Å². The van der Waals surface area contributed by atoms with Gasteiger partial charge in [0.25, 0.3) is 23.6 Å². The number of phenolic OH excluding ortho intramolecular Hbond substituents is 1. The molecule has 1 N–H and O–H groups in total. The van der Waals surface area contributed by atoms with Crippen molar-refractivity contribution in [2.24, 2.45) is 17.8 Å². The summed E-state index contributed by atoms with van der Waals surface area (Å²) in [7, 11) is 1.21. The molecule has 0 unspecified atom stereocenters. The van der Waals surface area contributed by atoms with E-state index >= 15 is 0 Å². The molecule has 1 saturated carbocycles. The Kier molecular flexibility index (Phi) is 7.63. The van der Waals surface area contributed by atoms with Gasteiger partial charge in [0.15, 0.2) is 15.6 Å². The number of hydrogen-bond acceptors (Lipinski definition) is 7. The highest BCUT2D eigenvalue weighted by Crippen LogP contribution is 2.66. The first-order valence-electron chi connectivity index (χ1n) is 14.6. The average molecular weight is 787 g/mol. The van der Waals surface area contributed by atoms with Crippen LogP contribution in [0.2, 0.25) is 5.02 Å². The number of imide groups is 2. The summed E-state index contributed by atoms with van der Waals surface area (Å²) in [6, 6.07) is 11.6. The van der Waals surface area contributed by atoms with Crippen molar-refractivity contribution >= 4 is 91.0 Å². The molecule has 3 aromatic rings. The number of carbonyl (C=O) groups excluding carboxylic acids is 4. The lowest BCUT2D eigenvalue weighted by atomic mass is 9.56. The summed E-state index contributed by atoms with van der Waals surface area (Å²) in [4.78, 5) is 56.6. The van der Waals surface area contributed by atoms with Gasteiger partial charge in [-0.1, -0.05) is 69.5 Å². The number of halogens is 7. The lowest BCUT2D eigenvalue weighted by Gasteiger charge is -2.51. The fraction of sp³-hybridized carbons (Fsp3) is 0.344. The van der Waals surface area contributed by atoms with Crippen LogP contribution in [-0.4, -0.2) is 65.9 Å². The van der Waals surface area contributed by atoms with E-state index in [0.717, 1.165) is 21.0 Å². The quantitative estimate of drug-likeness (QED) is 0.142. The van der Waals surface area contributed by atoms with E-state index in [4.69, 9.17) is 34.8 Å². The lowest BCUT2D eigenvalue weighted by molar-refractivity contribution is -0.142. The Hall–Kier alpha value is -3.39. The van der Waals surface area contributed by atoms with Crippen LogP contribution in [-0.2, 0) is 25.4 Å². The zero-order valence-electron chi connectivity index (χ0n) is 24.6. The number of hydrogen-bond donors (Lipinski definition) is 1. The van der Waals surface area contributed by atoms with Crippen LogP contribution >= 0.6 is 50.7 Å². The number of alkyl halides is 6. The van der Waals surface area contributed by atoms with Crippen LogP contribution in [0, 0.1) is 17.8 Å². The highest BCUT2D eigenvalue weighted by molar-refractivity contribution is 9.09. The number of nitrogens with zero attached hydrogens (tertiary/aromatic N) is 4. The normalized spacial score (nSPS) is 30.0. The molecular weight excluding hydrogens is 764 g/mol. The van der Waals surface area contributed by atoms with Gasteiger partial charge in [0, 0.05) is 18.4 Å². The van der Waals surface area contributed by atoms with Gasteiger partial charge in [0.05, 0.1) is 22.3 Å². The third-order valence-corrected chi connectivity index (χ3v) is 12.2. The Bertz CT molecular complexity index is 2000. The van der Waals surface area contributed by atoms with E-state index < -0.39 is 74.7 Å². The minimum atomic E-state index is -4.82. The molecule has 4 amide bonds. The van der Waals surface area contributed by atoms with Gasteiger partial charge in [-0.2, -0.15) is 18.2 Å². The summed E-state index contributed by atoms with van der Waals surface area (Å²) >= 11 is 24.0. The van der Waals surface area contributed by atoms with Crippen LogP contribution in [0.3, 0.4) is 0 Å². The fourth-order valence-electron chi connectivity index (χ4n) is 7.85. The number of benzene rings is 2. The van der Waals surface area contributed by atoms with Gasteiger partial charge in [-0.05, 0) is 47.9 Å².